The van der Waals surface area contributed by atoms with E-state index in [0.717, 1.165) is 23.5 Å². The second kappa shape index (κ2) is 21.8. The number of nitriles is 1. The van der Waals surface area contributed by atoms with Crippen molar-refractivity contribution < 1.29 is 78.4 Å². The van der Waals surface area contributed by atoms with Gasteiger partial charge in [-0.2, -0.15) is 30.5 Å². The number of thiazole rings is 1. The van der Waals surface area contributed by atoms with Gasteiger partial charge in [0.15, 0.2) is 17.1 Å². The number of carbonyl (C=O) groups is 1. The Morgan fingerprint density at radius 2 is 1.51 bits per heavy atom. The summed E-state index contributed by atoms with van der Waals surface area (Å²) in [6.45, 7) is 2.84. The molecule has 3 heterocycles. The number of aromatic hydroxyl groups is 2. The van der Waals surface area contributed by atoms with E-state index < -0.39 is 70.0 Å². The summed E-state index contributed by atoms with van der Waals surface area (Å²) in [6, 6.07) is 19.4. The van der Waals surface area contributed by atoms with Gasteiger partial charge in [-0.3, -0.25) is 18.1 Å². The number of imidazole rings is 1. The van der Waals surface area contributed by atoms with Crippen LogP contribution in [0.4, 0.5) is 33.6 Å². The number of carboxylic acids is 1. The SMILES string of the molecule is CS(=O)(=O)O.Cc1cc(N=Nc2c(SOOO)cc3c(S(=O)(=O)O)c(N=Nc4c(C)c(C#N)c5nc6ccccc6n5c4O)ccc3c2O)c(OCCCS(=O)(=O)O)cc1N=Nc1nc2ccc(C(=O)O)cc2s1. The summed E-state index contributed by atoms with van der Waals surface area (Å²) >= 11 is 1.32. The highest BCUT2D eigenvalue weighted by atomic mass is 32.2. The molecule has 0 saturated carbocycles. The largest absolute Gasteiger partial charge is 0.505 e. The topological polar surface area (TPSA) is 417 Å². The minimum Gasteiger partial charge on any atom is -0.505 e. The Hall–Kier alpha value is -7.68. The number of fused-ring (bicyclic) bond motifs is 5. The summed E-state index contributed by atoms with van der Waals surface area (Å²) in [7, 11) is -13.2. The van der Waals surface area contributed by atoms with Crippen LogP contribution in [0.3, 0.4) is 0 Å². The van der Waals surface area contributed by atoms with Gasteiger partial charge in [-0.15, -0.1) is 35.0 Å². The van der Waals surface area contributed by atoms with E-state index in [1.54, 1.807) is 31.2 Å². The van der Waals surface area contributed by atoms with Crippen molar-refractivity contribution in [2.45, 2.75) is 30.1 Å². The highest BCUT2D eigenvalue weighted by molar-refractivity contribution is 7.94. The number of ether oxygens (including phenoxy) is 1. The molecule has 5 aromatic carbocycles. The number of hydrogen-bond acceptors (Lipinski definition) is 24. The van der Waals surface area contributed by atoms with Crippen molar-refractivity contribution in [3.8, 4) is 23.4 Å². The fraction of sp³-hybridized carbons (Fsp3) is 0.143. The Labute approximate surface area is 424 Å². The van der Waals surface area contributed by atoms with Crippen LogP contribution < -0.4 is 4.74 Å². The Kier molecular flexibility index (Phi) is 15.9. The highest BCUT2D eigenvalue weighted by Crippen LogP contribution is 2.48. The molecular weight excluding hydrogens is 1080 g/mol. The number of carboxylic acid groups (broad SMARTS) is 1. The summed E-state index contributed by atoms with van der Waals surface area (Å²) < 4.78 is 107. The van der Waals surface area contributed by atoms with Crippen LogP contribution in [-0.2, 0) is 39.7 Å². The number of phenolic OH excluding ortho intramolecular Hbond substituents is 1. The number of azo groups is 3. The van der Waals surface area contributed by atoms with Gasteiger partial charge >= 0.3 is 5.97 Å². The predicted octanol–water partition coefficient (Wildman–Crippen LogP) is 9.93. The molecule has 74 heavy (non-hydrogen) atoms. The first kappa shape index (κ1) is 54.1. The number of para-hydroxylation sites is 2. The molecule has 0 fully saturated rings. The number of nitrogens with zero attached hydrogens (tertiary/aromatic N) is 10. The maximum absolute atomic E-state index is 13.1. The third-order valence-corrected chi connectivity index (χ3v) is 13.4. The van der Waals surface area contributed by atoms with Gasteiger partial charge in [-0.05, 0) is 80.4 Å². The van der Waals surface area contributed by atoms with Crippen molar-refractivity contribution in [3.63, 3.8) is 0 Å². The number of aryl methyl sites for hydroxylation is 1. The van der Waals surface area contributed by atoms with E-state index in [2.05, 4.69) is 50.0 Å². The molecule has 27 nitrogen and oxygen atoms in total. The Morgan fingerprint density at radius 3 is 2.19 bits per heavy atom. The third-order valence-electron chi connectivity index (χ3n) is 10.1. The van der Waals surface area contributed by atoms with Crippen LogP contribution in [0.25, 0.3) is 37.7 Å². The van der Waals surface area contributed by atoms with Gasteiger partial charge in [0, 0.05) is 22.4 Å². The molecule has 384 valence electrons. The standard InChI is InChI=1S/C41H30N10O14S4.CH4O3S/c1-19-14-29(31(63-12-5-13-68(57,58)59)17-28(19)46-50-41-44-26-10-8-21(40(54)55)15-32(26)66-41)47-49-35-33(67-65-64-56)16-23-22(36(35)52)9-11-27(37(23)69(60,61)62)45-48-34-20(2)24(18-42)38-43-25-6-3-4-7-30(25)51(38)39(34)53;1-5(2,3)4/h3-4,6-11,14-17,52-53,56H,5,12-13H2,1-2H3,(H,54,55)(H,57,58,59)(H,60,61,62);1H3,(H,2,3,4). The molecule has 0 atom stereocenters. The highest BCUT2D eigenvalue weighted by Gasteiger charge is 2.26. The molecule has 0 radical (unpaired) electrons. The summed E-state index contributed by atoms with van der Waals surface area (Å²) in [6.07, 6.45) is 0.554. The maximum Gasteiger partial charge on any atom is 0.335 e. The molecule has 0 bridgehead atoms. The lowest BCUT2D eigenvalue weighted by Crippen LogP contribution is -2.08. The first-order valence-corrected chi connectivity index (χ1v) is 26.8. The Morgan fingerprint density at radius 1 is 0.824 bits per heavy atom. The average Bonchev–Trinajstić information content (AvgIpc) is 3.92. The second-order valence-electron chi connectivity index (χ2n) is 15.2. The van der Waals surface area contributed by atoms with Gasteiger partial charge in [-0.1, -0.05) is 28.5 Å². The monoisotopic (exact) mass is 1110 g/mol. The minimum absolute atomic E-state index is 0.0244. The van der Waals surface area contributed by atoms with Crippen LogP contribution in [-0.4, -0.2) is 98.4 Å². The van der Waals surface area contributed by atoms with Crippen LogP contribution in [0.5, 0.6) is 17.4 Å². The molecule has 3 aromatic heterocycles. The lowest BCUT2D eigenvalue weighted by atomic mass is 10.1. The molecule has 0 aliphatic rings. The smallest absolute Gasteiger partial charge is 0.335 e. The number of phenols is 1. The van der Waals surface area contributed by atoms with Crippen molar-refractivity contribution in [1.82, 2.24) is 14.4 Å². The van der Waals surface area contributed by atoms with E-state index in [4.69, 9.17) is 14.5 Å². The van der Waals surface area contributed by atoms with Crippen molar-refractivity contribution in [2.75, 3.05) is 18.6 Å². The number of pyridine rings is 1. The van der Waals surface area contributed by atoms with Gasteiger partial charge in [0.25, 0.3) is 30.4 Å². The zero-order valence-corrected chi connectivity index (χ0v) is 41.9. The van der Waals surface area contributed by atoms with Gasteiger partial charge in [0.1, 0.15) is 39.3 Å². The van der Waals surface area contributed by atoms with E-state index in [1.165, 1.54) is 47.7 Å². The molecule has 0 unspecified atom stereocenters. The molecule has 8 rings (SSSR count). The van der Waals surface area contributed by atoms with E-state index in [-0.39, 0.29) is 91.0 Å². The number of hydrogen-bond donors (Lipinski definition) is 7. The zero-order valence-electron chi connectivity index (χ0n) is 37.8. The molecule has 0 saturated heterocycles. The van der Waals surface area contributed by atoms with Gasteiger partial charge in [0.2, 0.25) is 11.0 Å². The fourth-order valence-electron chi connectivity index (χ4n) is 6.94. The molecule has 0 spiro atoms. The van der Waals surface area contributed by atoms with Crippen LogP contribution in [0.2, 0.25) is 0 Å². The van der Waals surface area contributed by atoms with Crippen molar-refractivity contribution in [1.29, 1.82) is 5.26 Å². The summed E-state index contributed by atoms with van der Waals surface area (Å²) in [5, 5.41) is 80.0. The molecule has 0 aliphatic heterocycles. The van der Waals surface area contributed by atoms with Gasteiger partial charge in [0.05, 0.1) is 68.1 Å². The van der Waals surface area contributed by atoms with Gasteiger partial charge < -0.3 is 20.1 Å². The van der Waals surface area contributed by atoms with E-state index in [9.17, 15) is 59.7 Å². The quantitative estimate of drug-likeness (QED) is 0.0118. The lowest BCUT2D eigenvalue weighted by Gasteiger charge is -2.13. The maximum atomic E-state index is 13.1. The third kappa shape index (κ3) is 12.4. The van der Waals surface area contributed by atoms with Crippen molar-refractivity contribution >= 4 is 131 Å². The number of aromatic nitrogens is 3. The van der Waals surface area contributed by atoms with Crippen molar-refractivity contribution in [3.05, 3.63) is 95.1 Å². The van der Waals surface area contributed by atoms with Crippen LogP contribution in [0.15, 0.2) is 113 Å². The lowest BCUT2D eigenvalue weighted by molar-refractivity contribution is -0.432. The zero-order chi connectivity index (χ0) is 53.9. The summed E-state index contributed by atoms with van der Waals surface area (Å²) in [5.41, 5.74) is 1.28. The molecule has 7 N–H and O–H groups in total. The first-order valence-electron chi connectivity index (χ1n) is 20.4. The second-order valence-corrected chi connectivity index (χ2v) is 21.4. The molecule has 32 heteroatoms. The summed E-state index contributed by atoms with van der Waals surface area (Å²) in [5.74, 6) is -3.01. The Bertz CT molecular complexity index is 4060. The fourth-order valence-corrected chi connectivity index (χ4v) is 9.56. The predicted molar refractivity (Wildman–Crippen MR) is 264 cm³/mol. The first-order chi connectivity index (χ1) is 34.9. The molecule has 8 aromatic rings. The molecule has 0 aliphatic carbocycles. The van der Waals surface area contributed by atoms with E-state index in [0.29, 0.717) is 33.1 Å². The average molecular weight is 1110 g/mol. The van der Waals surface area contributed by atoms with Crippen LogP contribution >= 0.6 is 23.4 Å². The minimum atomic E-state index is -5.23. The number of aromatic carboxylic acids is 1. The van der Waals surface area contributed by atoms with Gasteiger partial charge in [-0.25, -0.2) is 20.0 Å². The normalized spacial score (nSPS) is 12.4. The Balaban J connectivity index is 0.00000153. The van der Waals surface area contributed by atoms with Crippen LogP contribution in [0.1, 0.15) is 33.5 Å². The number of benzene rings is 5. The van der Waals surface area contributed by atoms with E-state index >= 15 is 0 Å². The molecular formula is C42H34N10O17S5. The summed E-state index contributed by atoms with van der Waals surface area (Å²) in [4.78, 5) is 19.1. The molecule has 0 amide bonds. The van der Waals surface area contributed by atoms with Crippen LogP contribution in [0, 0.1) is 25.2 Å². The van der Waals surface area contributed by atoms with E-state index in [1.807, 2.05) is 6.07 Å². The number of rotatable bonds is 16. The van der Waals surface area contributed by atoms with Crippen molar-refractivity contribution in [2.24, 2.45) is 30.7 Å².